The summed E-state index contributed by atoms with van der Waals surface area (Å²) >= 11 is 1.58. The van der Waals surface area contributed by atoms with Gasteiger partial charge in [-0.3, -0.25) is 0 Å². The lowest BCUT2D eigenvalue weighted by Gasteiger charge is -1.98. The minimum atomic E-state index is 1.04. The van der Waals surface area contributed by atoms with Gasteiger partial charge in [0.1, 0.15) is 0 Å². The summed E-state index contributed by atoms with van der Waals surface area (Å²) in [6.07, 6.45) is 6.00. The van der Waals surface area contributed by atoms with Crippen molar-refractivity contribution in [2.24, 2.45) is 0 Å². The van der Waals surface area contributed by atoms with E-state index in [9.17, 15) is 0 Å². The van der Waals surface area contributed by atoms with E-state index >= 15 is 0 Å². The highest BCUT2D eigenvalue weighted by Crippen LogP contribution is 2.23. The normalized spacial score (nSPS) is 10.5. The molecule has 1 heterocycles. The van der Waals surface area contributed by atoms with E-state index in [2.05, 4.69) is 29.2 Å². The number of nitrogens with zero attached hydrogens (tertiary/aromatic N) is 1. The maximum absolute atomic E-state index is 4.19. The van der Waals surface area contributed by atoms with Crippen LogP contribution in [-0.2, 0) is 6.42 Å². The standard InChI is InChI=1S/C11H11NS/c1-2-3-5-9-6-4-7-10-8-12-13-11(9)10/h2,4,6-8H,1,3,5H2. The predicted octanol–water partition coefficient (Wildman–Crippen LogP) is 3.41. The SMILES string of the molecule is C=CCCc1cccc2cnsc12. The molecule has 1 aromatic heterocycles. The lowest BCUT2D eigenvalue weighted by molar-refractivity contribution is 1.02. The molecule has 0 aliphatic rings. The first-order valence-corrected chi connectivity index (χ1v) is 5.12. The van der Waals surface area contributed by atoms with Gasteiger partial charge in [0.05, 0.1) is 4.70 Å². The van der Waals surface area contributed by atoms with Crippen molar-refractivity contribution in [1.82, 2.24) is 4.37 Å². The molecule has 0 N–H and O–H groups in total. The molecule has 0 aliphatic heterocycles. The first kappa shape index (κ1) is 8.45. The third-order valence-electron chi connectivity index (χ3n) is 2.08. The highest BCUT2D eigenvalue weighted by Gasteiger charge is 2.01. The summed E-state index contributed by atoms with van der Waals surface area (Å²) in [6, 6.07) is 6.37. The summed E-state index contributed by atoms with van der Waals surface area (Å²) in [5.41, 5.74) is 1.39. The molecule has 2 heteroatoms. The van der Waals surface area contributed by atoms with Crippen molar-refractivity contribution in [2.75, 3.05) is 0 Å². The van der Waals surface area contributed by atoms with Gasteiger partial charge in [0.15, 0.2) is 0 Å². The fourth-order valence-electron chi connectivity index (χ4n) is 1.41. The van der Waals surface area contributed by atoms with Gasteiger partial charge in [-0.25, -0.2) is 0 Å². The Bertz CT molecular complexity index is 417. The second-order valence-corrected chi connectivity index (χ2v) is 3.79. The van der Waals surface area contributed by atoms with Crippen LogP contribution in [0.4, 0.5) is 0 Å². The Hall–Kier alpha value is -1.15. The first-order valence-electron chi connectivity index (χ1n) is 4.35. The number of aromatic nitrogens is 1. The van der Waals surface area contributed by atoms with Crippen LogP contribution in [0.3, 0.4) is 0 Å². The van der Waals surface area contributed by atoms with E-state index in [-0.39, 0.29) is 0 Å². The topological polar surface area (TPSA) is 12.9 Å². The van der Waals surface area contributed by atoms with Gasteiger partial charge in [0.25, 0.3) is 0 Å². The van der Waals surface area contributed by atoms with Crippen LogP contribution in [0.2, 0.25) is 0 Å². The van der Waals surface area contributed by atoms with Crippen molar-refractivity contribution in [3.63, 3.8) is 0 Å². The lowest BCUT2D eigenvalue weighted by atomic mass is 10.1. The van der Waals surface area contributed by atoms with Gasteiger partial charge >= 0.3 is 0 Å². The molecule has 0 saturated heterocycles. The zero-order chi connectivity index (χ0) is 9.10. The molecule has 1 aromatic carbocycles. The maximum Gasteiger partial charge on any atom is 0.0582 e. The van der Waals surface area contributed by atoms with E-state index < -0.39 is 0 Å². The van der Waals surface area contributed by atoms with Crippen LogP contribution in [0.25, 0.3) is 10.1 Å². The van der Waals surface area contributed by atoms with Gasteiger partial charge in [0.2, 0.25) is 0 Å². The molecule has 2 aromatic rings. The fourth-order valence-corrected chi connectivity index (χ4v) is 2.19. The molecule has 1 nitrogen and oxygen atoms in total. The summed E-state index contributed by atoms with van der Waals surface area (Å²) in [5.74, 6) is 0. The van der Waals surface area contributed by atoms with Gasteiger partial charge < -0.3 is 0 Å². The molecule has 0 aliphatic carbocycles. The van der Waals surface area contributed by atoms with Crippen molar-refractivity contribution < 1.29 is 0 Å². The Morgan fingerprint density at radius 2 is 2.38 bits per heavy atom. The van der Waals surface area contributed by atoms with Crippen LogP contribution in [0.1, 0.15) is 12.0 Å². The molecule has 13 heavy (non-hydrogen) atoms. The summed E-state index contributed by atoms with van der Waals surface area (Å²) in [6.45, 7) is 3.73. The van der Waals surface area contributed by atoms with Gasteiger partial charge in [-0.15, -0.1) is 6.58 Å². The zero-order valence-electron chi connectivity index (χ0n) is 7.36. The minimum absolute atomic E-state index is 1.04. The van der Waals surface area contributed by atoms with E-state index in [4.69, 9.17) is 0 Å². The monoisotopic (exact) mass is 189 g/mol. The van der Waals surface area contributed by atoms with Crippen molar-refractivity contribution in [3.05, 3.63) is 42.6 Å². The molecule has 0 bridgehead atoms. The molecule has 0 saturated carbocycles. The average molecular weight is 189 g/mol. The summed E-state index contributed by atoms with van der Waals surface area (Å²) in [7, 11) is 0. The largest absolute Gasteiger partial charge is 0.200 e. The minimum Gasteiger partial charge on any atom is -0.200 e. The highest BCUT2D eigenvalue weighted by molar-refractivity contribution is 7.13. The quantitative estimate of drug-likeness (QED) is 0.674. The molecule has 0 fully saturated rings. The first-order chi connectivity index (χ1) is 6.42. The van der Waals surface area contributed by atoms with Crippen molar-refractivity contribution in [3.8, 4) is 0 Å². The number of allylic oxidation sites excluding steroid dienone is 1. The summed E-state index contributed by atoms with van der Waals surface area (Å²) < 4.78 is 5.51. The van der Waals surface area contributed by atoms with Crippen LogP contribution in [0, 0.1) is 0 Å². The van der Waals surface area contributed by atoms with Crippen LogP contribution in [0.5, 0.6) is 0 Å². The molecule has 0 radical (unpaired) electrons. The Labute approximate surface area is 81.9 Å². The molecule has 0 atom stereocenters. The Balaban J connectivity index is 2.42. The van der Waals surface area contributed by atoms with Crippen molar-refractivity contribution in [2.45, 2.75) is 12.8 Å². The highest BCUT2D eigenvalue weighted by atomic mass is 32.1. The zero-order valence-corrected chi connectivity index (χ0v) is 8.18. The van der Waals surface area contributed by atoms with Gasteiger partial charge in [-0.1, -0.05) is 24.3 Å². The predicted molar refractivity (Wildman–Crippen MR) is 58.1 cm³/mol. The Kier molecular flexibility index (Phi) is 2.41. The summed E-state index contributed by atoms with van der Waals surface area (Å²) in [4.78, 5) is 0. The van der Waals surface area contributed by atoms with Gasteiger partial charge in [-0.2, -0.15) is 4.37 Å². The molecule has 0 amide bonds. The molecule has 66 valence electrons. The smallest absolute Gasteiger partial charge is 0.0582 e. The van der Waals surface area contributed by atoms with Crippen LogP contribution >= 0.6 is 11.5 Å². The lowest BCUT2D eigenvalue weighted by Crippen LogP contribution is -1.82. The van der Waals surface area contributed by atoms with Gasteiger partial charge in [-0.05, 0) is 29.9 Å². The fraction of sp³-hybridized carbons (Fsp3) is 0.182. The summed E-state index contributed by atoms with van der Waals surface area (Å²) in [5, 5.41) is 1.26. The number of hydrogen-bond donors (Lipinski definition) is 0. The van der Waals surface area contributed by atoms with Crippen LogP contribution < -0.4 is 0 Å². The Morgan fingerprint density at radius 3 is 3.23 bits per heavy atom. The van der Waals surface area contributed by atoms with E-state index in [1.807, 2.05) is 12.3 Å². The molecular weight excluding hydrogens is 178 g/mol. The third kappa shape index (κ3) is 1.63. The van der Waals surface area contributed by atoms with E-state index in [0.717, 1.165) is 12.8 Å². The van der Waals surface area contributed by atoms with E-state index in [1.165, 1.54) is 15.6 Å². The number of fused-ring (bicyclic) bond motifs is 1. The van der Waals surface area contributed by atoms with E-state index in [0.29, 0.717) is 0 Å². The third-order valence-corrected chi connectivity index (χ3v) is 2.97. The number of rotatable bonds is 3. The maximum atomic E-state index is 4.19. The molecule has 0 unspecified atom stereocenters. The van der Waals surface area contributed by atoms with Crippen LogP contribution in [0.15, 0.2) is 37.1 Å². The number of hydrogen-bond acceptors (Lipinski definition) is 2. The van der Waals surface area contributed by atoms with Crippen LogP contribution in [-0.4, -0.2) is 4.37 Å². The number of aryl methyl sites for hydroxylation is 1. The molecular formula is C11H11NS. The molecule has 2 rings (SSSR count). The second kappa shape index (κ2) is 3.71. The van der Waals surface area contributed by atoms with Crippen molar-refractivity contribution >= 4 is 21.6 Å². The van der Waals surface area contributed by atoms with E-state index in [1.54, 1.807) is 11.5 Å². The molecule has 0 spiro atoms. The second-order valence-electron chi connectivity index (χ2n) is 2.99. The Morgan fingerprint density at radius 1 is 1.46 bits per heavy atom. The number of benzene rings is 1. The van der Waals surface area contributed by atoms with Gasteiger partial charge in [0, 0.05) is 11.6 Å². The van der Waals surface area contributed by atoms with Crippen molar-refractivity contribution in [1.29, 1.82) is 0 Å². The average Bonchev–Trinajstić information content (AvgIpc) is 2.62.